The summed E-state index contributed by atoms with van der Waals surface area (Å²) >= 11 is 0. The van der Waals surface area contributed by atoms with Crippen molar-refractivity contribution in [3.05, 3.63) is 362 Å². The summed E-state index contributed by atoms with van der Waals surface area (Å²) in [6, 6.07) is 126. The van der Waals surface area contributed by atoms with Crippen LogP contribution in [0.15, 0.2) is 340 Å². The Bertz CT molecular complexity index is 5250. The molecule has 17 rings (SSSR count). The monoisotopic (exact) mass is 1100 g/mol. The predicted molar refractivity (Wildman–Crippen MR) is 365 cm³/mol. The number of hydrogen-bond donors (Lipinski definition) is 0. The second-order valence-corrected chi connectivity index (χ2v) is 23.1. The van der Waals surface area contributed by atoms with E-state index in [2.05, 4.69) is 349 Å². The van der Waals surface area contributed by atoms with E-state index in [0.29, 0.717) is 0 Å². The summed E-state index contributed by atoms with van der Waals surface area (Å²) in [6.07, 6.45) is 0. The van der Waals surface area contributed by atoms with Gasteiger partial charge in [0.25, 0.3) is 0 Å². The number of fused-ring (bicyclic) bond motifs is 9. The molecule has 2 nitrogen and oxygen atoms in total. The molecule has 0 radical (unpaired) electrons. The molecule has 2 aromatic heterocycles. The molecule has 16 aromatic rings. The van der Waals surface area contributed by atoms with E-state index in [0.717, 1.165) is 11.4 Å². The van der Waals surface area contributed by atoms with Gasteiger partial charge in [-0.05, 0) is 167 Å². The Hall–Kier alpha value is -11.3. The molecule has 1 aliphatic rings. The third kappa shape index (κ3) is 8.17. The van der Waals surface area contributed by atoms with Crippen molar-refractivity contribution < 1.29 is 0 Å². The fourth-order valence-electron chi connectivity index (χ4n) is 14.4. The van der Waals surface area contributed by atoms with Gasteiger partial charge in [-0.25, -0.2) is 0 Å². The molecule has 0 amide bonds. The molecule has 2 heterocycles. The van der Waals surface area contributed by atoms with Crippen LogP contribution in [0.25, 0.3) is 133 Å². The summed E-state index contributed by atoms with van der Waals surface area (Å²) in [5.41, 5.74) is 28.6. The van der Waals surface area contributed by atoms with Crippen LogP contribution in [0, 0.1) is 0 Å². The summed E-state index contributed by atoms with van der Waals surface area (Å²) in [5.74, 6) is 0. The van der Waals surface area contributed by atoms with Crippen molar-refractivity contribution in [2.75, 3.05) is 0 Å². The molecule has 0 fully saturated rings. The molecule has 0 bridgehead atoms. The highest BCUT2D eigenvalue weighted by molar-refractivity contribution is 6.13. The fraction of sp³-hybridized carbons (Fsp3) is 0.0118. The Labute approximate surface area is 506 Å². The molecule has 0 saturated carbocycles. The minimum absolute atomic E-state index is 0.530. The Morgan fingerprint density at radius 2 is 0.552 bits per heavy atom. The highest BCUT2D eigenvalue weighted by atomic mass is 15.0. The Balaban J connectivity index is 0.686. The van der Waals surface area contributed by atoms with Crippen LogP contribution < -0.4 is 0 Å². The van der Waals surface area contributed by atoms with Gasteiger partial charge in [-0.2, -0.15) is 0 Å². The fourth-order valence-corrected chi connectivity index (χ4v) is 14.4. The van der Waals surface area contributed by atoms with E-state index < -0.39 is 5.41 Å². The third-order valence-electron chi connectivity index (χ3n) is 18.5. The maximum Gasteiger partial charge on any atom is 0.0713 e. The van der Waals surface area contributed by atoms with Gasteiger partial charge in [-0.1, -0.05) is 273 Å². The minimum atomic E-state index is -0.530. The molecule has 0 N–H and O–H groups in total. The SMILES string of the molecule is c1ccc(-c2cccc(-n3c4ccccc4c4cc(-c5ccc6c(c5)c5ccccc5n6-c5ccc(-c6ccc(-c7cccc(C8(c9ccc(-c%10ccccc%10-c%10ccccc%10)cc9)c9ccccc9-c9ccccc98)c7)cc6)cc5)ccc43)c2)cc1. The smallest absolute Gasteiger partial charge is 0.0713 e. The standard InChI is InChI=1S/C85H56N2/c1-3-19-57(20-4-1)64-24-18-26-70(54-64)87-82-36-16-12-32-76(82)78-56-66(46-52-84(78)87)65-45-51-83-77(55-65)75-31-11-15-35-81(75)86(83)69-49-43-59(44-50-69)58-37-39-60(40-38-58)63-23-17-25-68(53-63)85(79-33-13-9-29-73(79)74-30-10-14-34-80(74)85)67-47-41-62(42-48-67)72-28-8-7-27-71(72)61-21-5-2-6-22-61/h1-56H. The first-order valence-electron chi connectivity index (χ1n) is 30.1. The van der Waals surface area contributed by atoms with Crippen molar-refractivity contribution >= 4 is 43.6 Å². The maximum atomic E-state index is 2.43. The van der Waals surface area contributed by atoms with Gasteiger partial charge in [-0.3, -0.25) is 0 Å². The number of aromatic nitrogens is 2. The molecule has 0 spiro atoms. The van der Waals surface area contributed by atoms with E-state index >= 15 is 0 Å². The van der Waals surface area contributed by atoms with Gasteiger partial charge in [-0.15, -0.1) is 0 Å². The molecule has 1 aliphatic carbocycles. The largest absolute Gasteiger partial charge is 0.309 e. The van der Waals surface area contributed by atoms with Crippen LogP contribution in [0.2, 0.25) is 0 Å². The quantitative estimate of drug-likeness (QED) is 0.129. The number of benzene rings is 14. The van der Waals surface area contributed by atoms with Crippen molar-refractivity contribution in [3.63, 3.8) is 0 Å². The van der Waals surface area contributed by atoms with E-state index in [1.165, 1.54) is 144 Å². The van der Waals surface area contributed by atoms with Crippen molar-refractivity contribution in [1.29, 1.82) is 0 Å². The number of hydrogen-bond acceptors (Lipinski definition) is 0. The molecule has 2 heteroatoms. The lowest BCUT2D eigenvalue weighted by Gasteiger charge is -2.34. The molecule has 87 heavy (non-hydrogen) atoms. The topological polar surface area (TPSA) is 9.86 Å². The lowest BCUT2D eigenvalue weighted by atomic mass is 9.67. The van der Waals surface area contributed by atoms with Gasteiger partial charge in [0.2, 0.25) is 0 Å². The van der Waals surface area contributed by atoms with Crippen molar-refractivity contribution in [3.8, 4) is 89.3 Å². The highest BCUT2D eigenvalue weighted by Gasteiger charge is 2.46. The van der Waals surface area contributed by atoms with Gasteiger partial charge in [0, 0.05) is 32.9 Å². The number of para-hydroxylation sites is 2. The van der Waals surface area contributed by atoms with E-state index in [-0.39, 0.29) is 0 Å². The molecule has 14 aromatic carbocycles. The van der Waals surface area contributed by atoms with Crippen LogP contribution >= 0.6 is 0 Å². The van der Waals surface area contributed by atoms with Crippen molar-refractivity contribution in [1.82, 2.24) is 9.13 Å². The van der Waals surface area contributed by atoms with Crippen LogP contribution in [0.4, 0.5) is 0 Å². The highest BCUT2D eigenvalue weighted by Crippen LogP contribution is 2.57. The van der Waals surface area contributed by atoms with Crippen molar-refractivity contribution in [2.45, 2.75) is 5.41 Å². The van der Waals surface area contributed by atoms with Crippen molar-refractivity contribution in [2.24, 2.45) is 0 Å². The maximum absolute atomic E-state index is 2.43. The normalized spacial score (nSPS) is 12.5. The second-order valence-electron chi connectivity index (χ2n) is 23.1. The predicted octanol–water partition coefficient (Wildman–Crippen LogP) is 22.2. The Morgan fingerprint density at radius 1 is 0.184 bits per heavy atom. The summed E-state index contributed by atoms with van der Waals surface area (Å²) in [7, 11) is 0. The van der Waals surface area contributed by atoms with E-state index in [4.69, 9.17) is 0 Å². The van der Waals surface area contributed by atoms with Gasteiger partial charge in [0.15, 0.2) is 0 Å². The first-order chi connectivity index (χ1) is 43.1. The average molecular weight is 1110 g/mol. The number of nitrogens with zero attached hydrogens (tertiary/aromatic N) is 2. The molecular formula is C85H56N2. The van der Waals surface area contributed by atoms with E-state index in [1.807, 2.05) is 0 Å². The van der Waals surface area contributed by atoms with Crippen LogP contribution in [0.3, 0.4) is 0 Å². The van der Waals surface area contributed by atoms with Gasteiger partial charge >= 0.3 is 0 Å². The zero-order valence-corrected chi connectivity index (χ0v) is 47.7. The molecule has 406 valence electrons. The molecular weight excluding hydrogens is 1050 g/mol. The van der Waals surface area contributed by atoms with Gasteiger partial charge in [0.1, 0.15) is 0 Å². The third-order valence-corrected chi connectivity index (χ3v) is 18.5. The minimum Gasteiger partial charge on any atom is -0.309 e. The van der Waals surface area contributed by atoms with E-state index in [1.54, 1.807) is 0 Å². The zero-order chi connectivity index (χ0) is 57.4. The van der Waals surface area contributed by atoms with Crippen LogP contribution in [-0.4, -0.2) is 9.13 Å². The van der Waals surface area contributed by atoms with Crippen LogP contribution in [0.1, 0.15) is 22.3 Å². The lowest BCUT2D eigenvalue weighted by molar-refractivity contribution is 0.769. The summed E-state index contributed by atoms with van der Waals surface area (Å²) < 4.78 is 4.83. The summed E-state index contributed by atoms with van der Waals surface area (Å²) in [6.45, 7) is 0. The zero-order valence-electron chi connectivity index (χ0n) is 47.7. The van der Waals surface area contributed by atoms with Gasteiger partial charge < -0.3 is 9.13 Å². The molecule has 0 saturated heterocycles. The Morgan fingerprint density at radius 3 is 1.13 bits per heavy atom. The van der Waals surface area contributed by atoms with Crippen LogP contribution in [0.5, 0.6) is 0 Å². The molecule has 0 aliphatic heterocycles. The molecule has 0 atom stereocenters. The molecule has 0 unspecified atom stereocenters. The summed E-state index contributed by atoms with van der Waals surface area (Å²) in [4.78, 5) is 0. The first-order valence-corrected chi connectivity index (χ1v) is 30.1. The number of rotatable bonds is 10. The van der Waals surface area contributed by atoms with E-state index in [9.17, 15) is 0 Å². The first kappa shape index (κ1) is 50.2. The average Bonchev–Trinajstić information content (AvgIpc) is 1.83. The van der Waals surface area contributed by atoms with Gasteiger partial charge in [0.05, 0.1) is 27.5 Å². The second kappa shape index (κ2) is 20.5. The Kier molecular flexibility index (Phi) is 11.8. The van der Waals surface area contributed by atoms with Crippen LogP contribution in [-0.2, 0) is 5.41 Å². The lowest BCUT2D eigenvalue weighted by Crippen LogP contribution is -2.28. The summed E-state index contributed by atoms with van der Waals surface area (Å²) in [5, 5.41) is 4.95.